The molecule has 1 amide bonds. The molecule has 0 atom stereocenters. The Bertz CT molecular complexity index is 650. The van der Waals surface area contributed by atoms with Crippen LogP contribution in [-0.4, -0.2) is 30.7 Å². The maximum atomic E-state index is 11.7. The van der Waals surface area contributed by atoms with E-state index in [9.17, 15) is 9.59 Å². The van der Waals surface area contributed by atoms with Crippen molar-refractivity contribution in [3.05, 3.63) is 41.8 Å². The third-order valence-corrected chi connectivity index (χ3v) is 2.54. The molecule has 2 aromatic rings. The predicted octanol–water partition coefficient (Wildman–Crippen LogP) is 1.79. The van der Waals surface area contributed by atoms with Gasteiger partial charge in [0, 0.05) is 6.07 Å². The molecule has 110 valence electrons. The lowest BCUT2D eigenvalue weighted by molar-refractivity contribution is -0.119. The highest BCUT2D eigenvalue weighted by atomic mass is 16.6. The van der Waals surface area contributed by atoms with Crippen LogP contribution in [0.25, 0.3) is 0 Å². The first-order valence-electron chi connectivity index (χ1n) is 6.13. The SMILES string of the molecule is COc1ccccc1NC(=O)COC(=O)c1cc(C)no1. The summed E-state index contributed by atoms with van der Waals surface area (Å²) in [4.78, 5) is 23.3. The molecule has 0 aliphatic heterocycles. The lowest BCUT2D eigenvalue weighted by atomic mass is 10.3. The van der Waals surface area contributed by atoms with E-state index in [1.807, 2.05) is 0 Å². The molecule has 0 radical (unpaired) electrons. The smallest absolute Gasteiger partial charge is 0.377 e. The van der Waals surface area contributed by atoms with Crippen LogP contribution in [0.3, 0.4) is 0 Å². The number of amides is 1. The van der Waals surface area contributed by atoms with E-state index in [1.54, 1.807) is 31.2 Å². The normalized spacial score (nSPS) is 10.0. The number of benzene rings is 1. The third-order valence-electron chi connectivity index (χ3n) is 2.54. The number of esters is 1. The highest BCUT2D eigenvalue weighted by Gasteiger charge is 2.15. The highest BCUT2D eigenvalue weighted by Crippen LogP contribution is 2.22. The number of methoxy groups -OCH3 is 1. The zero-order valence-corrected chi connectivity index (χ0v) is 11.6. The van der Waals surface area contributed by atoms with Gasteiger partial charge in [0.15, 0.2) is 6.61 Å². The quantitative estimate of drug-likeness (QED) is 0.844. The number of aromatic nitrogens is 1. The number of hydrogen-bond donors (Lipinski definition) is 1. The summed E-state index contributed by atoms with van der Waals surface area (Å²) in [5.41, 5.74) is 1.05. The molecular weight excluding hydrogens is 276 g/mol. The molecule has 0 aliphatic carbocycles. The van der Waals surface area contributed by atoms with Gasteiger partial charge in [-0.3, -0.25) is 4.79 Å². The minimum atomic E-state index is -0.745. The molecule has 7 heteroatoms. The second kappa shape index (κ2) is 6.56. The lowest BCUT2D eigenvalue weighted by Crippen LogP contribution is -2.21. The number of nitrogens with one attached hydrogen (secondary N) is 1. The standard InChI is InChI=1S/C14H14N2O5/c1-9-7-12(21-16-9)14(18)20-8-13(17)15-10-5-3-4-6-11(10)19-2/h3-7H,8H2,1-2H3,(H,15,17). The molecule has 1 N–H and O–H groups in total. The molecular formula is C14H14N2O5. The van der Waals surface area contributed by atoms with Gasteiger partial charge in [0.1, 0.15) is 5.75 Å². The molecule has 21 heavy (non-hydrogen) atoms. The van der Waals surface area contributed by atoms with Gasteiger partial charge in [0.05, 0.1) is 18.5 Å². The van der Waals surface area contributed by atoms with Gasteiger partial charge in [-0.25, -0.2) is 4.79 Å². The van der Waals surface area contributed by atoms with Crippen molar-refractivity contribution < 1.29 is 23.6 Å². The molecule has 0 saturated heterocycles. The highest BCUT2D eigenvalue weighted by molar-refractivity contribution is 5.95. The van der Waals surface area contributed by atoms with Crippen LogP contribution in [0.15, 0.2) is 34.9 Å². The zero-order chi connectivity index (χ0) is 15.2. The summed E-state index contributed by atoms with van der Waals surface area (Å²) in [7, 11) is 1.50. The predicted molar refractivity (Wildman–Crippen MR) is 73.1 cm³/mol. The number of anilines is 1. The number of aryl methyl sites for hydroxylation is 1. The topological polar surface area (TPSA) is 90.7 Å². The number of carbonyl (C=O) groups is 2. The molecule has 0 aliphatic rings. The number of hydrogen-bond acceptors (Lipinski definition) is 6. The fraction of sp³-hybridized carbons (Fsp3) is 0.214. The summed E-state index contributed by atoms with van der Waals surface area (Å²) in [5.74, 6) is -0.754. The zero-order valence-electron chi connectivity index (χ0n) is 11.6. The molecule has 0 saturated carbocycles. The summed E-state index contributed by atoms with van der Waals surface area (Å²) >= 11 is 0. The first-order chi connectivity index (χ1) is 10.1. The molecule has 1 aromatic heterocycles. The Morgan fingerprint density at radius 1 is 1.33 bits per heavy atom. The van der Waals surface area contributed by atoms with Gasteiger partial charge >= 0.3 is 5.97 Å². The van der Waals surface area contributed by atoms with Gasteiger partial charge in [-0.05, 0) is 19.1 Å². The molecule has 0 spiro atoms. The van der Waals surface area contributed by atoms with Crippen LogP contribution in [0.1, 0.15) is 16.2 Å². The Kier molecular flexibility index (Phi) is 4.55. The molecule has 0 unspecified atom stereocenters. The van der Waals surface area contributed by atoms with E-state index < -0.39 is 18.5 Å². The van der Waals surface area contributed by atoms with Gasteiger partial charge in [-0.2, -0.15) is 0 Å². The first kappa shape index (κ1) is 14.6. The third kappa shape index (κ3) is 3.82. The molecule has 1 heterocycles. The van der Waals surface area contributed by atoms with E-state index >= 15 is 0 Å². The van der Waals surface area contributed by atoms with Gasteiger partial charge in [-0.15, -0.1) is 0 Å². The monoisotopic (exact) mass is 290 g/mol. The summed E-state index contributed by atoms with van der Waals surface area (Å²) in [5, 5.41) is 6.15. The Morgan fingerprint density at radius 3 is 2.76 bits per heavy atom. The maximum Gasteiger partial charge on any atom is 0.377 e. The van der Waals surface area contributed by atoms with Crippen molar-refractivity contribution in [2.75, 3.05) is 19.0 Å². The van der Waals surface area contributed by atoms with E-state index in [2.05, 4.69) is 10.5 Å². The second-order valence-corrected chi connectivity index (χ2v) is 4.16. The van der Waals surface area contributed by atoms with Crippen LogP contribution in [0.5, 0.6) is 5.75 Å². The van der Waals surface area contributed by atoms with Crippen LogP contribution >= 0.6 is 0 Å². The number of para-hydroxylation sites is 2. The van der Waals surface area contributed by atoms with Crippen molar-refractivity contribution in [1.82, 2.24) is 5.16 Å². The Morgan fingerprint density at radius 2 is 2.10 bits per heavy atom. The van der Waals surface area contributed by atoms with Crippen molar-refractivity contribution in [3.63, 3.8) is 0 Å². The first-order valence-corrected chi connectivity index (χ1v) is 6.13. The van der Waals surface area contributed by atoms with Crippen molar-refractivity contribution in [3.8, 4) is 5.75 Å². The van der Waals surface area contributed by atoms with Crippen LogP contribution in [0, 0.1) is 6.92 Å². The van der Waals surface area contributed by atoms with Gasteiger partial charge < -0.3 is 19.3 Å². The summed E-state index contributed by atoms with van der Waals surface area (Å²) in [6.45, 7) is 1.24. The van der Waals surface area contributed by atoms with E-state index in [0.29, 0.717) is 17.1 Å². The Hall–Kier alpha value is -2.83. The molecule has 0 bridgehead atoms. The van der Waals surface area contributed by atoms with E-state index in [-0.39, 0.29) is 5.76 Å². The van der Waals surface area contributed by atoms with E-state index in [1.165, 1.54) is 13.2 Å². The summed E-state index contributed by atoms with van der Waals surface area (Å²) in [6.07, 6.45) is 0. The lowest BCUT2D eigenvalue weighted by Gasteiger charge is -2.09. The maximum absolute atomic E-state index is 11.7. The van der Waals surface area contributed by atoms with Crippen molar-refractivity contribution in [2.24, 2.45) is 0 Å². The van der Waals surface area contributed by atoms with Gasteiger partial charge in [-0.1, -0.05) is 17.3 Å². The number of ether oxygens (including phenoxy) is 2. The molecule has 1 aromatic carbocycles. The van der Waals surface area contributed by atoms with Crippen LogP contribution in [0.4, 0.5) is 5.69 Å². The fourth-order valence-electron chi connectivity index (χ4n) is 1.60. The van der Waals surface area contributed by atoms with E-state index in [4.69, 9.17) is 14.0 Å². The van der Waals surface area contributed by atoms with Crippen molar-refractivity contribution in [2.45, 2.75) is 6.92 Å². The summed E-state index contributed by atoms with van der Waals surface area (Å²) in [6, 6.07) is 8.35. The number of nitrogens with zero attached hydrogens (tertiary/aromatic N) is 1. The van der Waals surface area contributed by atoms with Gasteiger partial charge in [0.2, 0.25) is 5.76 Å². The van der Waals surface area contributed by atoms with Gasteiger partial charge in [0.25, 0.3) is 5.91 Å². The Balaban J connectivity index is 1.89. The largest absolute Gasteiger partial charge is 0.495 e. The number of carbonyl (C=O) groups excluding carboxylic acids is 2. The average molecular weight is 290 g/mol. The Labute approximate surface area is 120 Å². The van der Waals surface area contributed by atoms with Crippen LogP contribution in [-0.2, 0) is 9.53 Å². The average Bonchev–Trinajstić information content (AvgIpc) is 2.92. The number of rotatable bonds is 5. The minimum absolute atomic E-state index is 0.0439. The van der Waals surface area contributed by atoms with E-state index in [0.717, 1.165) is 0 Å². The minimum Gasteiger partial charge on any atom is -0.495 e. The molecule has 7 nitrogen and oxygen atoms in total. The molecule has 2 rings (SSSR count). The summed E-state index contributed by atoms with van der Waals surface area (Å²) < 4.78 is 14.7. The van der Waals surface area contributed by atoms with Crippen molar-refractivity contribution in [1.29, 1.82) is 0 Å². The van der Waals surface area contributed by atoms with Crippen molar-refractivity contribution >= 4 is 17.6 Å². The van der Waals surface area contributed by atoms with Crippen LogP contribution in [0.2, 0.25) is 0 Å². The second-order valence-electron chi connectivity index (χ2n) is 4.16. The van der Waals surface area contributed by atoms with Crippen LogP contribution < -0.4 is 10.1 Å². The molecule has 0 fully saturated rings. The fourth-order valence-corrected chi connectivity index (χ4v) is 1.60.